The second-order valence-corrected chi connectivity index (χ2v) is 8.22. The zero-order chi connectivity index (χ0) is 14.7. The highest BCUT2D eigenvalue weighted by Crippen LogP contribution is 2.54. The molecular weight excluding hydrogens is 247 g/mol. The summed E-state index contributed by atoms with van der Waals surface area (Å²) in [5, 5.41) is 9.29. The summed E-state index contributed by atoms with van der Waals surface area (Å²) in [5.74, 6) is 1.90. The summed E-state index contributed by atoms with van der Waals surface area (Å²) in [6.07, 6.45) is -0.247. The van der Waals surface area contributed by atoms with Gasteiger partial charge in [-0.3, -0.25) is 4.57 Å². The van der Waals surface area contributed by atoms with Crippen LogP contribution in [0.1, 0.15) is 55.4 Å². The number of hydrogen-bond acceptors (Lipinski definition) is 3. The summed E-state index contributed by atoms with van der Waals surface area (Å²) in [6.45, 7) is 15.6. The van der Waals surface area contributed by atoms with Crippen molar-refractivity contribution in [2.75, 3.05) is 0 Å². The lowest BCUT2D eigenvalue weighted by Crippen LogP contribution is -2.36. The molecule has 0 radical (unpaired) electrons. The molecule has 0 amide bonds. The number of hydrogen-bond donors (Lipinski definition) is 0. The van der Waals surface area contributed by atoms with Gasteiger partial charge in [0.05, 0.1) is 6.10 Å². The van der Waals surface area contributed by atoms with Crippen LogP contribution in [0.3, 0.4) is 0 Å². The molecule has 5 heteroatoms. The average molecular weight is 274 g/mol. The Labute approximate surface area is 112 Å². The molecule has 0 aromatic carbocycles. The Kier molecular flexibility index (Phi) is 6.07. The van der Waals surface area contributed by atoms with Crippen molar-refractivity contribution < 1.29 is 9.09 Å². The molecule has 0 aliphatic carbocycles. The first-order valence-corrected chi connectivity index (χ1v) is 8.02. The van der Waals surface area contributed by atoms with Gasteiger partial charge in [-0.15, -0.1) is 0 Å². The normalized spacial score (nSPS) is 17.9. The summed E-state index contributed by atoms with van der Waals surface area (Å²) in [6, 6.07) is 0.00491. The van der Waals surface area contributed by atoms with Crippen LogP contribution in [-0.4, -0.2) is 22.9 Å². The van der Waals surface area contributed by atoms with Crippen molar-refractivity contribution in [3.8, 4) is 5.81 Å². The summed E-state index contributed by atoms with van der Waals surface area (Å²) < 4.78 is 20.1. The SMILES string of the molecule is CC(C)N(C(C)C)P(=O)(C#N)OC(C)C(C)(C)C. The Morgan fingerprint density at radius 3 is 1.72 bits per heavy atom. The molecule has 0 saturated carbocycles. The predicted octanol–water partition coefficient (Wildman–Crippen LogP) is 4.23. The number of nitrogens with zero attached hydrogens (tertiary/aromatic N) is 2. The highest BCUT2D eigenvalue weighted by atomic mass is 31.2. The quantitative estimate of drug-likeness (QED) is 0.704. The Hall–Kier alpha value is -0.360. The van der Waals surface area contributed by atoms with E-state index in [0.717, 1.165) is 0 Å². The third-order valence-corrected chi connectivity index (χ3v) is 5.40. The van der Waals surface area contributed by atoms with Crippen molar-refractivity contribution in [3.63, 3.8) is 0 Å². The molecule has 106 valence electrons. The van der Waals surface area contributed by atoms with Crippen LogP contribution in [0.4, 0.5) is 0 Å². The van der Waals surface area contributed by atoms with E-state index in [9.17, 15) is 9.83 Å². The van der Waals surface area contributed by atoms with Gasteiger partial charge in [-0.05, 0) is 40.0 Å². The molecule has 0 saturated heterocycles. The number of rotatable bonds is 5. The fraction of sp³-hybridized carbons (Fsp3) is 0.923. The first-order chi connectivity index (χ1) is 7.95. The molecule has 0 aliphatic rings. The molecule has 0 spiro atoms. The molecule has 0 aromatic rings. The van der Waals surface area contributed by atoms with Gasteiger partial charge in [0.25, 0.3) is 0 Å². The molecule has 0 rings (SSSR count). The lowest BCUT2D eigenvalue weighted by molar-refractivity contribution is 0.0896. The second-order valence-electron chi connectivity index (χ2n) is 6.30. The van der Waals surface area contributed by atoms with E-state index in [1.165, 1.54) is 0 Å². The Morgan fingerprint density at radius 1 is 1.11 bits per heavy atom. The topological polar surface area (TPSA) is 53.3 Å². The minimum Gasteiger partial charge on any atom is -0.303 e. The zero-order valence-corrected chi connectivity index (χ0v) is 13.8. The molecule has 4 nitrogen and oxygen atoms in total. The highest BCUT2D eigenvalue weighted by Gasteiger charge is 2.39. The van der Waals surface area contributed by atoms with E-state index in [0.29, 0.717) is 0 Å². The Morgan fingerprint density at radius 2 is 1.50 bits per heavy atom. The maximum absolute atomic E-state index is 12.8. The van der Waals surface area contributed by atoms with E-state index >= 15 is 0 Å². The predicted molar refractivity (Wildman–Crippen MR) is 75.3 cm³/mol. The van der Waals surface area contributed by atoms with Gasteiger partial charge in [-0.2, -0.15) is 5.26 Å². The van der Waals surface area contributed by atoms with Crippen LogP contribution < -0.4 is 0 Å². The second kappa shape index (κ2) is 6.19. The fourth-order valence-corrected chi connectivity index (χ4v) is 3.93. The van der Waals surface area contributed by atoms with E-state index in [-0.39, 0.29) is 23.6 Å². The Bertz CT molecular complexity index is 345. The lowest BCUT2D eigenvalue weighted by atomic mass is 9.91. The molecule has 2 atom stereocenters. The first kappa shape index (κ1) is 17.6. The van der Waals surface area contributed by atoms with Crippen LogP contribution in [-0.2, 0) is 9.09 Å². The van der Waals surface area contributed by atoms with Gasteiger partial charge in [-0.1, -0.05) is 20.8 Å². The van der Waals surface area contributed by atoms with Crippen molar-refractivity contribution in [1.29, 1.82) is 5.26 Å². The highest BCUT2D eigenvalue weighted by molar-refractivity contribution is 7.61. The number of nitriles is 1. The summed E-state index contributed by atoms with van der Waals surface area (Å²) in [7, 11) is -3.44. The summed E-state index contributed by atoms with van der Waals surface area (Å²) >= 11 is 0. The van der Waals surface area contributed by atoms with Crippen LogP contribution in [0.15, 0.2) is 0 Å². The van der Waals surface area contributed by atoms with E-state index < -0.39 is 7.52 Å². The minimum atomic E-state index is -3.44. The molecule has 0 aromatic heterocycles. The largest absolute Gasteiger partial charge is 0.371 e. The van der Waals surface area contributed by atoms with Gasteiger partial charge >= 0.3 is 7.52 Å². The maximum atomic E-state index is 12.8. The molecule has 0 heterocycles. The third kappa shape index (κ3) is 4.39. The van der Waals surface area contributed by atoms with Crippen LogP contribution in [0.25, 0.3) is 0 Å². The van der Waals surface area contributed by atoms with Crippen molar-refractivity contribution in [3.05, 3.63) is 0 Å². The van der Waals surface area contributed by atoms with Gasteiger partial charge in [0.1, 0.15) is 0 Å². The van der Waals surface area contributed by atoms with Gasteiger partial charge in [0.2, 0.25) is 0 Å². The van der Waals surface area contributed by atoms with Crippen molar-refractivity contribution >= 4 is 7.52 Å². The molecule has 0 aliphatic heterocycles. The smallest absolute Gasteiger partial charge is 0.303 e. The first-order valence-electron chi connectivity index (χ1n) is 6.44. The van der Waals surface area contributed by atoms with E-state index in [2.05, 4.69) is 0 Å². The molecule has 0 bridgehead atoms. The molecule has 0 N–H and O–H groups in total. The van der Waals surface area contributed by atoms with Gasteiger partial charge in [0, 0.05) is 12.1 Å². The van der Waals surface area contributed by atoms with Crippen molar-refractivity contribution in [1.82, 2.24) is 4.67 Å². The van der Waals surface area contributed by atoms with Crippen LogP contribution >= 0.6 is 7.52 Å². The molecule has 0 fully saturated rings. The van der Waals surface area contributed by atoms with E-state index in [1.807, 2.05) is 61.2 Å². The molecular formula is C13H27N2O2P. The van der Waals surface area contributed by atoms with Gasteiger partial charge < -0.3 is 4.52 Å². The standard InChI is InChI=1S/C13H27N2O2P/c1-10(2)15(11(3)4)18(16,9-14)17-12(5)13(6,7)8/h10-12H,1-8H3. The van der Waals surface area contributed by atoms with Crippen LogP contribution in [0.2, 0.25) is 0 Å². The van der Waals surface area contributed by atoms with Gasteiger partial charge in [0.15, 0.2) is 5.81 Å². The monoisotopic (exact) mass is 274 g/mol. The molecule has 2 unspecified atom stereocenters. The van der Waals surface area contributed by atoms with Crippen molar-refractivity contribution in [2.24, 2.45) is 5.41 Å². The maximum Gasteiger partial charge on any atom is 0.371 e. The average Bonchev–Trinajstić information content (AvgIpc) is 2.14. The van der Waals surface area contributed by atoms with Gasteiger partial charge in [-0.25, -0.2) is 4.67 Å². The van der Waals surface area contributed by atoms with E-state index in [4.69, 9.17) is 4.52 Å². The van der Waals surface area contributed by atoms with Crippen LogP contribution in [0.5, 0.6) is 0 Å². The minimum absolute atomic E-state index is 0.00246. The fourth-order valence-electron chi connectivity index (χ4n) is 1.71. The third-order valence-electron chi connectivity index (χ3n) is 3.01. The summed E-state index contributed by atoms with van der Waals surface area (Å²) in [5.41, 5.74) is -0.147. The summed E-state index contributed by atoms with van der Waals surface area (Å²) in [4.78, 5) is 0. The van der Waals surface area contributed by atoms with Crippen molar-refractivity contribution in [2.45, 2.75) is 73.6 Å². The lowest BCUT2D eigenvalue weighted by Gasteiger charge is -2.37. The Balaban J connectivity index is 5.26. The zero-order valence-electron chi connectivity index (χ0n) is 12.9. The van der Waals surface area contributed by atoms with Crippen LogP contribution in [0, 0.1) is 16.5 Å². The van der Waals surface area contributed by atoms with E-state index in [1.54, 1.807) is 4.67 Å². The molecule has 18 heavy (non-hydrogen) atoms.